The lowest BCUT2D eigenvalue weighted by atomic mass is 10.2. The van der Waals surface area contributed by atoms with Gasteiger partial charge in [-0.25, -0.2) is 4.99 Å². The van der Waals surface area contributed by atoms with Crippen LogP contribution < -0.4 is 0 Å². The molecule has 2 heterocycles. The monoisotopic (exact) mass is 327 g/mol. The minimum Gasteiger partial charge on any atom is -0.245 e. The van der Waals surface area contributed by atoms with Crippen molar-refractivity contribution in [2.45, 2.75) is 15.3 Å². The van der Waals surface area contributed by atoms with Crippen molar-refractivity contribution >= 4 is 69.1 Å². The third-order valence-corrected chi connectivity index (χ3v) is 8.00. The van der Waals surface area contributed by atoms with Gasteiger partial charge in [0.25, 0.3) is 0 Å². The lowest BCUT2D eigenvalue weighted by Crippen LogP contribution is -1.99. The van der Waals surface area contributed by atoms with Gasteiger partial charge in [-0.3, -0.25) is 0 Å². The van der Waals surface area contributed by atoms with Crippen molar-refractivity contribution in [1.29, 1.82) is 0 Å². The molecule has 0 N–H and O–H groups in total. The van der Waals surface area contributed by atoms with E-state index in [2.05, 4.69) is 31.2 Å². The first-order chi connectivity index (χ1) is 8.70. The van der Waals surface area contributed by atoms with Crippen LogP contribution in [0.25, 0.3) is 0 Å². The molecular weight excluding hydrogens is 318 g/mol. The van der Waals surface area contributed by atoms with Gasteiger partial charge in [0.2, 0.25) is 0 Å². The van der Waals surface area contributed by atoms with Gasteiger partial charge in [0.05, 0.1) is 19.1 Å². The quantitative estimate of drug-likeness (QED) is 0.616. The summed E-state index contributed by atoms with van der Waals surface area (Å²) in [6.45, 7) is 2.09. The van der Waals surface area contributed by atoms with Gasteiger partial charge in [0.1, 0.15) is 3.14 Å². The fraction of sp³-hybridized carbons (Fsp3) is 0.167. The second-order valence-corrected chi connectivity index (χ2v) is 9.57. The zero-order valence-electron chi connectivity index (χ0n) is 9.50. The number of hydrogen-bond donors (Lipinski definition) is 0. The Morgan fingerprint density at radius 2 is 1.83 bits per heavy atom. The molecule has 0 bridgehead atoms. The summed E-state index contributed by atoms with van der Waals surface area (Å²) in [4.78, 5) is 4.70. The number of thioether (sulfide) groups is 2. The highest BCUT2D eigenvalue weighted by Crippen LogP contribution is 2.46. The molecule has 92 valence electrons. The Hall–Kier alpha value is -0.140. The first-order valence-corrected chi connectivity index (χ1v) is 9.14. The van der Waals surface area contributed by atoms with E-state index in [1.165, 1.54) is 19.0 Å². The van der Waals surface area contributed by atoms with Crippen LogP contribution in [0.1, 0.15) is 5.56 Å². The summed E-state index contributed by atoms with van der Waals surface area (Å²) in [5.74, 6) is 0.952. The van der Waals surface area contributed by atoms with Gasteiger partial charge in [-0.2, -0.15) is 0 Å². The number of hydrogen-bond acceptors (Lipinski definition) is 6. The summed E-state index contributed by atoms with van der Waals surface area (Å²) < 4.78 is 3.68. The Labute approximate surface area is 127 Å². The zero-order valence-corrected chi connectivity index (χ0v) is 13.6. The Bertz CT molecular complexity index is 650. The maximum atomic E-state index is 5.23. The van der Waals surface area contributed by atoms with E-state index in [1.807, 2.05) is 11.8 Å². The van der Waals surface area contributed by atoms with Crippen molar-refractivity contribution in [2.24, 2.45) is 4.99 Å². The summed E-state index contributed by atoms with van der Waals surface area (Å²) in [7, 11) is 0. The standard InChI is InChI=1S/C12H9NS5/c1-7-2-4-8(5-3-7)13-9-6-15-10-11(16-9)18-12(14)17-10/h2-5H,6H2,1H3. The molecule has 1 nitrogen and oxygen atoms in total. The van der Waals surface area contributed by atoms with E-state index in [4.69, 9.17) is 17.2 Å². The van der Waals surface area contributed by atoms with Crippen LogP contribution in [0.3, 0.4) is 0 Å². The molecule has 3 rings (SSSR count). The average molecular weight is 328 g/mol. The highest BCUT2D eigenvalue weighted by molar-refractivity contribution is 8.19. The Balaban J connectivity index is 1.87. The third kappa shape index (κ3) is 2.88. The summed E-state index contributed by atoms with van der Waals surface area (Å²) in [6.07, 6.45) is 0. The van der Waals surface area contributed by atoms with E-state index < -0.39 is 0 Å². The van der Waals surface area contributed by atoms with E-state index in [1.54, 1.807) is 34.4 Å². The molecule has 1 aromatic carbocycles. The zero-order chi connectivity index (χ0) is 12.5. The van der Waals surface area contributed by atoms with E-state index in [-0.39, 0.29) is 0 Å². The highest BCUT2D eigenvalue weighted by atomic mass is 32.2. The smallest absolute Gasteiger partial charge is 0.145 e. The lowest BCUT2D eigenvalue weighted by molar-refractivity contribution is 1.43. The molecule has 2 aromatic rings. The molecule has 6 heteroatoms. The van der Waals surface area contributed by atoms with Crippen LogP contribution in [0.5, 0.6) is 0 Å². The maximum absolute atomic E-state index is 5.23. The van der Waals surface area contributed by atoms with E-state index in [0.29, 0.717) is 0 Å². The first-order valence-electron chi connectivity index (χ1n) is 5.29. The second kappa shape index (κ2) is 5.46. The second-order valence-electron chi connectivity index (χ2n) is 3.76. The highest BCUT2D eigenvalue weighted by Gasteiger charge is 2.18. The van der Waals surface area contributed by atoms with Gasteiger partial charge in [0.15, 0.2) is 0 Å². The fourth-order valence-corrected chi connectivity index (χ4v) is 7.53. The number of aryl methyl sites for hydroxylation is 1. The van der Waals surface area contributed by atoms with Crippen molar-refractivity contribution in [1.82, 2.24) is 0 Å². The summed E-state index contributed by atoms with van der Waals surface area (Å²) in [6, 6.07) is 8.33. The molecule has 0 amide bonds. The van der Waals surface area contributed by atoms with Gasteiger partial charge in [-0.1, -0.05) is 41.7 Å². The van der Waals surface area contributed by atoms with Crippen LogP contribution in [0.4, 0.5) is 5.69 Å². The average Bonchev–Trinajstić information content (AvgIpc) is 2.71. The molecule has 1 aliphatic heterocycles. The van der Waals surface area contributed by atoms with Crippen molar-refractivity contribution in [3.05, 3.63) is 33.0 Å². The molecule has 0 radical (unpaired) electrons. The minimum atomic E-state index is 0.952. The number of rotatable bonds is 1. The SMILES string of the molecule is Cc1ccc(N=C2CSc3sc(=S)sc3S2)cc1. The molecule has 0 saturated heterocycles. The normalized spacial score (nSPS) is 16.8. The summed E-state index contributed by atoms with van der Waals surface area (Å²) in [5.41, 5.74) is 2.30. The Morgan fingerprint density at radius 1 is 1.11 bits per heavy atom. The minimum absolute atomic E-state index is 0.952. The van der Waals surface area contributed by atoms with Crippen LogP contribution in [0.15, 0.2) is 37.7 Å². The molecule has 18 heavy (non-hydrogen) atoms. The molecule has 0 spiro atoms. The largest absolute Gasteiger partial charge is 0.245 e. The van der Waals surface area contributed by atoms with E-state index in [0.717, 1.165) is 14.6 Å². The van der Waals surface area contributed by atoms with Crippen molar-refractivity contribution in [3.8, 4) is 0 Å². The number of benzene rings is 1. The predicted molar refractivity (Wildman–Crippen MR) is 87.9 cm³/mol. The van der Waals surface area contributed by atoms with Gasteiger partial charge in [-0.05, 0) is 19.1 Å². The number of nitrogens with zero attached hydrogens (tertiary/aromatic N) is 1. The van der Waals surface area contributed by atoms with Crippen LogP contribution in [0, 0.1) is 10.1 Å². The number of fused-ring (bicyclic) bond motifs is 1. The van der Waals surface area contributed by atoms with Crippen LogP contribution >= 0.6 is 58.4 Å². The summed E-state index contributed by atoms with van der Waals surface area (Å²) >= 11 is 12.3. The van der Waals surface area contributed by atoms with Crippen molar-refractivity contribution < 1.29 is 0 Å². The van der Waals surface area contributed by atoms with E-state index >= 15 is 0 Å². The van der Waals surface area contributed by atoms with Crippen molar-refractivity contribution in [3.63, 3.8) is 0 Å². The fourth-order valence-electron chi connectivity index (χ4n) is 1.49. The maximum Gasteiger partial charge on any atom is 0.145 e. The van der Waals surface area contributed by atoms with Gasteiger partial charge >= 0.3 is 0 Å². The van der Waals surface area contributed by atoms with Crippen molar-refractivity contribution in [2.75, 3.05) is 5.75 Å². The molecule has 0 unspecified atom stereocenters. The van der Waals surface area contributed by atoms with Gasteiger partial charge < -0.3 is 0 Å². The lowest BCUT2D eigenvalue weighted by Gasteiger charge is -2.11. The molecule has 1 aliphatic rings. The summed E-state index contributed by atoms with van der Waals surface area (Å²) in [5, 5.41) is 1.17. The first kappa shape index (κ1) is 12.9. The molecule has 0 atom stereocenters. The molecule has 0 aliphatic carbocycles. The van der Waals surface area contributed by atoms with Crippen LogP contribution in [-0.2, 0) is 0 Å². The van der Waals surface area contributed by atoms with Gasteiger partial charge in [-0.15, -0.1) is 34.4 Å². The molecule has 0 saturated carbocycles. The van der Waals surface area contributed by atoms with E-state index in [9.17, 15) is 0 Å². The molecule has 1 aromatic heterocycles. The Morgan fingerprint density at radius 3 is 2.61 bits per heavy atom. The number of aliphatic imine (C=N–C) groups is 1. The molecule has 0 fully saturated rings. The van der Waals surface area contributed by atoms with Crippen LogP contribution in [0.2, 0.25) is 0 Å². The Kier molecular flexibility index (Phi) is 3.91. The van der Waals surface area contributed by atoms with Gasteiger partial charge in [0, 0.05) is 5.75 Å². The third-order valence-electron chi connectivity index (χ3n) is 2.34. The predicted octanol–water partition coefficient (Wildman–Crippen LogP) is 5.78. The van der Waals surface area contributed by atoms with Crippen LogP contribution in [-0.4, -0.2) is 10.8 Å². The molecular formula is C12H9NS5. The topological polar surface area (TPSA) is 12.4 Å².